The third-order valence-corrected chi connectivity index (χ3v) is 4.17. The minimum Gasteiger partial charge on any atom is -0.335 e. The Morgan fingerprint density at radius 3 is 2.62 bits per heavy atom. The van der Waals surface area contributed by atoms with E-state index in [1.54, 1.807) is 16.8 Å². The van der Waals surface area contributed by atoms with E-state index in [-0.39, 0.29) is 18.0 Å². The Balaban J connectivity index is 1.70. The Hall–Kier alpha value is -2.04. The van der Waals surface area contributed by atoms with Crippen LogP contribution in [0.4, 0.5) is 10.5 Å². The van der Waals surface area contributed by atoms with E-state index in [2.05, 4.69) is 5.32 Å². The second-order valence-electron chi connectivity index (χ2n) is 5.82. The smallest absolute Gasteiger partial charge is 0.318 e. The van der Waals surface area contributed by atoms with Crippen LogP contribution in [0.2, 0.25) is 0 Å². The number of benzene rings is 1. The van der Waals surface area contributed by atoms with Gasteiger partial charge in [0.05, 0.1) is 0 Å². The summed E-state index contributed by atoms with van der Waals surface area (Å²) in [6, 6.07) is 9.47. The molecule has 5 nitrogen and oxygen atoms in total. The molecule has 1 atom stereocenters. The highest BCUT2D eigenvalue weighted by atomic mass is 16.2. The molecule has 1 unspecified atom stereocenters. The van der Waals surface area contributed by atoms with Crippen molar-refractivity contribution in [3.8, 4) is 0 Å². The summed E-state index contributed by atoms with van der Waals surface area (Å²) in [7, 11) is 1.72. The molecule has 0 aromatic heterocycles. The molecule has 0 spiro atoms. The van der Waals surface area contributed by atoms with Crippen molar-refractivity contribution >= 4 is 17.6 Å². The van der Waals surface area contributed by atoms with E-state index in [1.807, 2.05) is 30.3 Å². The molecular formula is C16H21N3O2. The summed E-state index contributed by atoms with van der Waals surface area (Å²) in [6.07, 6.45) is 3.74. The number of para-hydroxylation sites is 1. The number of hydrogen-bond acceptors (Lipinski definition) is 2. The third kappa shape index (κ3) is 3.01. The van der Waals surface area contributed by atoms with Crippen LogP contribution in [0.3, 0.4) is 0 Å². The number of hydrogen-bond donors (Lipinski definition) is 1. The van der Waals surface area contributed by atoms with Crippen molar-refractivity contribution < 1.29 is 9.59 Å². The molecule has 1 aliphatic carbocycles. The molecule has 1 aromatic carbocycles. The lowest BCUT2D eigenvalue weighted by molar-refractivity contribution is -0.123. The second kappa shape index (κ2) is 5.76. The summed E-state index contributed by atoms with van der Waals surface area (Å²) >= 11 is 0. The van der Waals surface area contributed by atoms with Gasteiger partial charge in [0, 0.05) is 25.3 Å². The fourth-order valence-electron chi connectivity index (χ4n) is 2.73. The molecule has 1 saturated heterocycles. The van der Waals surface area contributed by atoms with Gasteiger partial charge in [0.25, 0.3) is 0 Å². The van der Waals surface area contributed by atoms with Gasteiger partial charge in [-0.15, -0.1) is 0 Å². The van der Waals surface area contributed by atoms with Crippen LogP contribution < -0.4 is 10.2 Å². The van der Waals surface area contributed by atoms with Gasteiger partial charge in [-0.3, -0.25) is 4.79 Å². The van der Waals surface area contributed by atoms with Crippen LogP contribution >= 0.6 is 0 Å². The Bertz CT molecular complexity index is 528. The zero-order valence-electron chi connectivity index (χ0n) is 12.3. The summed E-state index contributed by atoms with van der Waals surface area (Å²) in [5.41, 5.74) is 0.906. The van der Waals surface area contributed by atoms with Crippen molar-refractivity contribution in [2.45, 2.75) is 37.8 Å². The van der Waals surface area contributed by atoms with Gasteiger partial charge in [-0.1, -0.05) is 18.2 Å². The number of carbonyl (C=O) groups is 2. The molecule has 1 heterocycles. The minimum absolute atomic E-state index is 0.0147. The van der Waals surface area contributed by atoms with Crippen molar-refractivity contribution in [3.05, 3.63) is 30.3 Å². The molecule has 0 radical (unpaired) electrons. The molecule has 2 fully saturated rings. The summed E-state index contributed by atoms with van der Waals surface area (Å²) in [4.78, 5) is 28.2. The van der Waals surface area contributed by atoms with E-state index in [0.717, 1.165) is 37.9 Å². The number of likely N-dealkylation sites (N-methyl/N-ethyl adjacent to an activating group) is 1. The Labute approximate surface area is 124 Å². The maximum Gasteiger partial charge on any atom is 0.318 e. The van der Waals surface area contributed by atoms with Crippen LogP contribution in [0, 0.1) is 0 Å². The summed E-state index contributed by atoms with van der Waals surface area (Å²) in [6.45, 7) is 0.720. The largest absolute Gasteiger partial charge is 0.335 e. The van der Waals surface area contributed by atoms with Crippen LogP contribution in [0.15, 0.2) is 30.3 Å². The molecule has 1 N–H and O–H groups in total. The zero-order valence-corrected chi connectivity index (χ0v) is 12.3. The fourth-order valence-corrected chi connectivity index (χ4v) is 2.73. The van der Waals surface area contributed by atoms with Gasteiger partial charge in [0.15, 0.2) is 0 Å². The van der Waals surface area contributed by atoms with E-state index in [9.17, 15) is 9.59 Å². The lowest BCUT2D eigenvalue weighted by Gasteiger charge is -2.36. The fraction of sp³-hybridized carbons (Fsp3) is 0.500. The van der Waals surface area contributed by atoms with Crippen molar-refractivity contribution in [1.82, 2.24) is 10.2 Å². The molecule has 1 aliphatic heterocycles. The topological polar surface area (TPSA) is 52.7 Å². The van der Waals surface area contributed by atoms with Crippen LogP contribution in [-0.4, -0.2) is 42.5 Å². The SMILES string of the molecule is CN(C(=O)NC1CC1)C1CCCN(c2ccccc2)C1=O. The number of piperidine rings is 1. The van der Waals surface area contributed by atoms with Crippen molar-refractivity contribution in [1.29, 1.82) is 0 Å². The number of urea groups is 1. The number of nitrogens with one attached hydrogen (secondary N) is 1. The molecule has 3 amide bonds. The number of carbonyl (C=O) groups excluding carboxylic acids is 2. The van der Waals surface area contributed by atoms with Gasteiger partial charge < -0.3 is 15.1 Å². The van der Waals surface area contributed by atoms with Gasteiger partial charge >= 0.3 is 6.03 Å². The van der Waals surface area contributed by atoms with Crippen LogP contribution in [-0.2, 0) is 4.79 Å². The predicted molar refractivity (Wildman–Crippen MR) is 81.1 cm³/mol. The maximum atomic E-state index is 12.7. The van der Waals surface area contributed by atoms with E-state index < -0.39 is 0 Å². The Kier molecular flexibility index (Phi) is 3.82. The van der Waals surface area contributed by atoms with Crippen LogP contribution in [0.1, 0.15) is 25.7 Å². The summed E-state index contributed by atoms with van der Waals surface area (Å²) in [5.74, 6) is 0.0147. The first-order valence-corrected chi connectivity index (χ1v) is 7.56. The van der Waals surface area contributed by atoms with E-state index in [1.165, 1.54) is 0 Å². The van der Waals surface area contributed by atoms with Gasteiger partial charge in [-0.05, 0) is 37.8 Å². The van der Waals surface area contributed by atoms with Crippen LogP contribution in [0.5, 0.6) is 0 Å². The molecule has 1 saturated carbocycles. The van der Waals surface area contributed by atoms with Gasteiger partial charge in [-0.2, -0.15) is 0 Å². The average Bonchev–Trinajstić information content (AvgIpc) is 3.31. The lowest BCUT2D eigenvalue weighted by Crippen LogP contribution is -2.55. The van der Waals surface area contributed by atoms with E-state index >= 15 is 0 Å². The first-order valence-electron chi connectivity index (χ1n) is 7.56. The summed E-state index contributed by atoms with van der Waals surface area (Å²) in [5, 5.41) is 2.94. The monoisotopic (exact) mass is 287 g/mol. The lowest BCUT2D eigenvalue weighted by atomic mass is 10.0. The molecule has 21 heavy (non-hydrogen) atoms. The molecule has 1 aromatic rings. The highest BCUT2D eigenvalue weighted by Crippen LogP contribution is 2.24. The first-order chi connectivity index (χ1) is 10.2. The van der Waals surface area contributed by atoms with Crippen LogP contribution in [0.25, 0.3) is 0 Å². The molecular weight excluding hydrogens is 266 g/mol. The van der Waals surface area contributed by atoms with Crippen molar-refractivity contribution in [3.63, 3.8) is 0 Å². The molecule has 0 bridgehead atoms. The number of nitrogens with zero attached hydrogens (tertiary/aromatic N) is 2. The van der Waals surface area contributed by atoms with Gasteiger partial charge in [0.2, 0.25) is 5.91 Å². The number of rotatable bonds is 3. The van der Waals surface area contributed by atoms with Gasteiger partial charge in [0.1, 0.15) is 6.04 Å². The first kappa shape index (κ1) is 13.9. The normalized spacial score (nSPS) is 22.0. The standard InChI is InChI=1S/C16H21N3O2/c1-18(16(21)17-12-9-10-12)14-8-5-11-19(15(14)20)13-6-3-2-4-7-13/h2-4,6-7,12,14H,5,8-11H2,1H3,(H,17,21). The third-order valence-electron chi connectivity index (χ3n) is 4.17. The maximum absolute atomic E-state index is 12.7. The number of amides is 3. The molecule has 2 aliphatic rings. The van der Waals surface area contributed by atoms with E-state index in [0.29, 0.717) is 6.04 Å². The Morgan fingerprint density at radius 1 is 1.24 bits per heavy atom. The quantitative estimate of drug-likeness (QED) is 0.924. The number of anilines is 1. The highest BCUT2D eigenvalue weighted by molar-refractivity contribution is 5.99. The van der Waals surface area contributed by atoms with Gasteiger partial charge in [-0.25, -0.2) is 4.79 Å². The molecule has 5 heteroatoms. The average molecular weight is 287 g/mol. The molecule has 112 valence electrons. The Morgan fingerprint density at radius 2 is 1.95 bits per heavy atom. The summed E-state index contributed by atoms with van der Waals surface area (Å²) < 4.78 is 0. The predicted octanol–water partition coefficient (Wildman–Crippen LogP) is 1.99. The van der Waals surface area contributed by atoms with E-state index in [4.69, 9.17) is 0 Å². The van der Waals surface area contributed by atoms with Crippen molar-refractivity contribution in [2.75, 3.05) is 18.5 Å². The molecule has 3 rings (SSSR count). The highest BCUT2D eigenvalue weighted by Gasteiger charge is 2.35. The minimum atomic E-state index is -0.363. The zero-order chi connectivity index (χ0) is 14.8. The second-order valence-corrected chi connectivity index (χ2v) is 5.82. The van der Waals surface area contributed by atoms with Crippen molar-refractivity contribution in [2.24, 2.45) is 0 Å².